The number of nitrogens with zero attached hydrogens (tertiary/aromatic N) is 2. The van der Waals surface area contributed by atoms with Gasteiger partial charge in [-0.15, -0.1) is 0 Å². The smallest absolute Gasteiger partial charge is 0.221 e. The first-order chi connectivity index (χ1) is 9.26. The van der Waals surface area contributed by atoms with Crippen LogP contribution in [0.5, 0.6) is 5.88 Å². The SMILES string of the molecule is CCOc1ncnc(NC2CCCCC2CC)c1C. The lowest BCUT2D eigenvalue weighted by molar-refractivity contribution is 0.314. The van der Waals surface area contributed by atoms with E-state index in [9.17, 15) is 0 Å². The van der Waals surface area contributed by atoms with Crippen molar-refractivity contribution in [2.45, 2.75) is 58.9 Å². The zero-order chi connectivity index (χ0) is 13.7. The molecule has 0 aromatic carbocycles. The van der Waals surface area contributed by atoms with E-state index in [1.807, 2.05) is 13.8 Å². The Kier molecular flexibility index (Phi) is 5.00. The summed E-state index contributed by atoms with van der Waals surface area (Å²) in [6.07, 6.45) is 8.08. The molecule has 2 rings (SSSR count). The quantitative estimate of drug-likeness (QED) is 0.882. The van der Waals surface area contributed by atoms with Crippen molar-refractivity contribution in [2.75, 3.05) is 11.9 Å². The summed E-state index contributed by atoms with van der Waals surface area (Å²) in [6, 6.07) is 0.543. The van der Waals surface area contributed by atoms with E-state index in [0.717, 1.165) is 17.3 Å². The summed E-state index contributed by atoms with van der Waals surface area (Å²) in [4.78, 5) is 8.57. The number of hydrogen-bond donors (Lipinski definition) is 1. The van der Waals surface area contributed by atoms with Crippen molar-refractivity contribution in [2.24, 2.45) is 5.92 Å². The molecule has 19 heavy (non-hydrogen) atoms. The Labute approximate surface area is 116 Å². The molecule has 2 unspecified atom stereocenters. The van der Waals surface area contributed by atoms with Crippen molar-refractivity contribution in [3.05, 3.63) is 11.9 Å². The Balaban J connectivity index is 2.11. The van der Waals surface area contributed by atoms with E-state index in [4.69, 9.17) is 4.74 Å². The van der Waals surface area contributed by atoms with Crippen LogP contribution in [0.4, 0.5) is 5.82 Å². The van der Waals surface area contributed by atoms with E-state index in [0.29, 0.717) is 18.5 Å². The predicted octanol–water partition coefficient (Wildman–Crippen LogP) is 3.56. The molecular weight excluding hydrogens is 238 g/mol. The van der Waals surface area contributed by atoms with Gasteiger partial charge in [0.2, 0.25) is 5.88 Å². The summed E-state index contributed by atoms with van der Waals surface area (Å²) in [7, 11) is 0. The second-order valence-electron chi connectivity index (χ2n) is 5.29. The molecule has 1 saturated carbocycles. The van der Waals surface area contributed by atoms with Crippen LogP contribution in [0.1, 0.15) is 51.5 Å². The second-order valence-corrected chi connectivity index (χ2v) is 5.29. The Bertz CT molecular complexity index is 408. The van der Waals surface area contributed by atoms with Crippen LogP contribution in [-0.4, -0.2) is 22.6 Å². The van der Waals surface area contributed by atoms with Gasteiger partial charge in [-0.3, -0.25) is 0 Å². The molecule has 4 heteroatoms. The van der Waals surface area contributed by atoms with Crippen molar-refractivity contribution in [1.29, 1.82) is 0 Å². The fourth-order valence-corrected chi connectivity index (χ4v) is 2.92. The zero-order valence-corrected chi connectivity index (χ0v) is 12.3. The van der Waals surface area contributed by atoms with E-state index in [1.54, 1.807) is 6.33 Å². The van der Waals surface area contributed by atoms with Crippen LogP contribution < -0.4 is 10.1 Å². The molecule has 1 aromatic rings. The highest BCUT2D eigenvalue weighted by Crippen LogP contribution is 2.30. The summed E-state index contributed by atoms with van der Waals surface area (Å²) in [5, 5.41) is 3.62. The molecular formula is C15H25N3O. The van der Waals surface area contributed by atoms with Crippen molar-refractivity contribution >= 4 is 5.82 Å². The van der Waals surface area contributed by atoms with Crippen LogP contribution in [0.2, 0.25) is 0 Å². The van der Waals surface area contributed by atoms with Crippen LogP contribution >= 0.6 is 0 Å². The zero-order valence-electron chi connectivity index (χ0n) is 12.3. The van der Waals surface area contributed by atoms with Gasteiger partial charge in [0.25, 0.3) is 0 Å². The molecule has 0 amide bonds. The summed E-state index contributed by atoms with van der Waals surface area (Å²) < 4.78 is 5.53. The molecule has 1 N–H and O–H groups in total. The van der Waals surface area contributed by atoms with Crippen LogP contribution in [0.3, 0.4) is 0 Å². The van der Waals surface area contributed by atoms with Gasteiger partial charge in [0.05, 0.1) is 12.2 Å². The summed E-state index contributed by atoms with van der Waals surface area (Å²) in [5.74, 6) is 2.39. The minimum atomic E-state index is 0.543. The molecule has 0 bridgehead atoms. The first kappa shape index (κ1) is 14.1. The third-order valence-electron chi connectivity index (χ3n) is 4.07. The maximum atomic E-state index is 5.53. The average Bonchev–Trinajstić information content (AvgIpc) is 2.44. The third-order valence-corrected chi connectivity index (χ3v) is 4.07. The third kappa shape index (κ3) is 3.37. The largest absolute Gasteiger partial charge is 0.478 e. The highest BCUT2D eigenvalue weighted by molar-refractivity contribution is 5.48. The number of ether oxygens (including phenoxy) is 1. The predicted molar refractivity (Wildman–Crippen MR) is 77.6 cm³/mol. The standard InChI is InChI=1S/C15H25N3O/c1-4-12-8-6-7-9-13(12)18-14-11(3)15(19-5-2)17-10-16-14/h10,12-13H,4-9H2,1-3H3,(H,16,17,18). The first-order valence-electron chi connectivity index (χ1n) is 7.47. The maximum Gasteiger partial charge on any atom is 0.221 e. The highest BCUT2D eigenvalue weighted by Gasteiger charge is 2.24. The average molecular weight is 263 g/mol. The van der Waals surface area contributed by atoms with Crippen LogP contribution in [0, 0.1) is 12.8 Å². The highest BCUT2D eigenvalue weighted by atomic mass is 16.5. The van der Waals surface area contributed by atoms with Crippen molar-refractivity contribution in [1.82, 2.24) is 9.97 Å². The van der Waals surface area contributed by atoms with Crippen molar-refractivity contribution in [3.63, 3.8) is 0 Å². The maximum absolute atomic E-state index is 5.53. The molecule has 1 aromatic heterocycles. The molecule has 1 aliphatic rings. The Morgan fingerprint density at radius 2 is 2.05 bits per heavy atom. The van der Waals surface area contributed by atoms with E-state index in [1.165, 1.54) is 32.1 Å². The fraction of sp³-hybridized carbons (Fsp3) is 0.733. The van der Waals surface area contributed by atoms with E-state index < -0.39 is 0 Å². The molecule has 0 spiro atoms. The second kappa shape index (κ2) is 6.73. The topological polar surface area (TPSA) is 47.0 Å². The lowest BCUT2D eigenvalue weighted by Crippen LogP contribution is -2.32. The van der Waals surface area contributed by atoms with Gasteiger partial charge in [0.1, 0.15) is 12.1 Å². The van der Waals surface area contributed by atoms with Gasteiger partial charge in [-0.05, 0) is 32.6 Å². The minimum Gasteiger partial charge on any atom is -0.478 e. The van der Waals surface area contributed by atoms with Crippen molar-refractivity contribution in [3.8, 4) is 5.88 Å². The molecule has 0 saturated heterocycles. The van der Waals surface area contributed by atoms with E-state index in [-0.39, 0.29) is 0 Å². The van der Waals surface area contributed by atoms with Gasteiger partial charge in [0.15, 0.2) is 0 Å². The molecule has 1 aliphatic carbocycles. The molecule has 1 fully saturated rings. The lowest BCUT2D eigenvalue weighted by atomic mass is 9.83. The van der Waals surface area contributed by atoms with Gasteiger partial charge >= 0.3 is 0 Å². The summed E-state index contributed by atoms with van der Waals surface area (Å²) in [6.45, 7) is 6.92. The van der Waals surface area contributed by atoms with Crippen LogP contribution in [0.15, 0.2) is 6.33 Å². The number of hydrogen-bond acceptors (Lipinski definition) is 4. The fourth-order valence-electron chi connectivity index (χ4n) is 2.92. The molecule has 0 radical (unpaired) electrons. The monoisotopic (exact) mass is 263 g/mol. The van der Waals surface area contributed by atoms with E-state index >= 15 is 0 Å². The van der Waals surface area contributed by atoms with Gasteiger partial charge in [0, 0.05) is 6.04 Å². The van der Waals surface area contributed by atoms with Gasteiger partial charge < -0.3 is 10.1 Å². The first-order valence-corrected chi connectivity index (χ1v) is 7.47. The van der Waals surface area contributed by atoms with Crippen LogP contribution in [0.25, 0.3) is 0 Å². The molecule has 0 aliphatic heterocycles. The van der Waals surface area contributed by atoms with Crippen molar-refractivity contribution < 1.29 is 4.74 Å². The number of anilines is 1. The Hall–Kier alpha value is -1.32. The van der Waals surface area contributed by atoms with Gasteiger partial charge in [-0.1, -0.05) is 26.2 Å². The van der Waals surface area contributed by atoms with Gasteiger partial charge in [-0.25, -0.2) is 9.97 Å². The normalized spacial score (nSPS) is 23.1. The lowest BCUT2D eigenvalue weighted by Gasteiger charge is -2.32. The number of rotatable bonds is 5. The number of aromatic nitrogens is 2. The van der Waals surface area contributed by atoms with Gasteiger partial charge in [-0.2, -0.15) is 0 Å². The molecule has 4 nitrogen and oxygen atoms in total. The molecule has 1 heterocycles. The van der Waals surface area contributed by atoms with E-state index in [2.05, 4.69) is 22.2 Å². The summed E-state index contributed by atoms with van der Waals surface area (Å²) >= 11 is 0. The molecule has 106 valence electrons. The summed E-state index contributed by atoms with van der Waals surface area (Å²) in [5.41, 5.74) is 1.02. The Morgan fingerprint density at radius 1 is 1.26 bits per heavy atom. The van der Waals surface area contributed by atoms with Crippen LogP contribution in [-0.2, 0) is 0 Å². The Morgan fingerprint density at radius 3 is 2.79 bits per heavy atom. The minimum absolute atomic E-state index is 0.543. The molecule has 2 atom stereocenters. The number of nitrogens with one attached hydrogen (secondary N) is 1.